The van der Waals surface area contributed by atoms with Crippen LogP contribution in [0.1, 0.15) is 25.5 Å². The number of rotatable bonds is 5. The zero-order chi connectivity index (χ0) is 13.7. The fourth-order valence-corrected chi connectivity index (χ4v) is 2.17. The summed E-state index contributed by atoms with van der Waals surface area (Å²) in [7, 11) is 1.39. The van der Waals surface area contributed by atoms with Gasteiger partial charge in [-0.2, -0.15) is 0 Å². The Morgan fingerprint density at radius 2 is 2.06 bits per heavy atom. The Kier molecular flexibility index (Phi) is 5.93. The number of esters is 1. The maximum Gasteiger partial charge on any atom is 0.309 e. The van der Waals surface area contributed by atoms with Crippen LogP contribution in [0.3, 0.4) is 0 Å². The molecule has 1 aromatic carbocycles. The number of methoxy groups -OCH3 is 1. The normalized spacial score (nSPS) is 14.1. The number of carbonyl (C=O) groups is 1. The molecular weight excluding hydrogens is 273 g/mol. The minimum atomic E-state index is -0.225. The lowest BCUT2D eigenvalue weighted by Crippen LogP contribution is -2.29. The number of nitrogens with one attached hydrogen (secondary N) is 1. The van der Waals surface area contributed by atoms with E-state index >= 15 is 0 Å². The lowest BCUT2D eigenvalue weighted by Gasteiger charge is -2.18. The Morgan fingerprint density at radius 1 is 1.39 bits per heavy atom. The largest absolute Gasteiger partial charge is 0.469 e. The third kappa shape index (κ3) is 4.16. The van der Waals surface area contributed by atoms with E-state index in [1.54, 1.807) is 12.1 Å². The van der Waals surface area contributed by atoms with Gasteiger partial charge in [-0.1, -0.05) is 36.2 Å². The zero-order valence-corrected chi connectivity index (χ0v) is 12.2. The van der Waals surface area contributed by atoms with Crippen molar-refractivity contribution >= 4 is 29.2 Å². The van der Waals surface area contributed by atoms with Crippen molar-refractivity contribution in [2.45, 2.75) is 19.9 Å². The van der Waals surface area contributed by atoms with Crippen molar-refractivity contribution in [2.24, 2.45) is 5.92 Å². The van der Waals surface area contributed by atoms with Crippen LogP contribution in [0.5, 0.6) is 0 Å². The first-order chi connectivity index (χ1) is 8.45. The van der Waals surface area contributed by atoms with Gasteiger partial charge < -0.3 is 10.1 Å². The number of hydrogen-bond donors (Lipinski definition) is 1. The van der Waals surface area contributed by atoms with Crippen molar-refractivity contribution in [2.75, 3.05) is 13.7 Å². The quantitative estimate of drug-likeness (QED) is 0.844. The van der Waals surface area contributed by atoms with Gasteiger partial charge in [-0.3, -0.25) is 4.79 Å². The topological polar surface area (TPSA) is 38.3 Å². The maximum atomic E-state index is 11.3. The third-order valence-corrected chi connectivity index (χ3v) is 3.33. The van der Waals surface area contributed by atoms with Crippen LogP contribution in [0.15, 0.2) is 18.2 Å². The van der Waals surface area contributed by atoms with Crippen LogP contribution in [-0.4, -0.2) is 19.6 Å². The fraction of sp³-hybridized carbons (Fsp3) is 0.462. The van der Waals surface area contributed by atoms with Gasteiger partial charge in [0.1, 0.15) is 0 Å². The molecule has 0 radical (unpaired) electrons. The van der Waals surface area contributed by atoms with Crippen LogP contribution in [0.4, 0.5) is 0 Å². The molecule has 0 heterocycles. The highest BCUT2D eigenvalue weighted by Gasteiger charge is 2.15. The molecule has 0 aliphatic heterocycles. The Balaban J connectivity index is 2.60. The van der Waals surface area contributed by atoms with Gasteiger partial charge in [-0.15, -0.1) is 0 Å². The van der Waals surface area contributed by atoms with Gasteiger partial charge in [-0.25, -0.2) is 0 Å². The minimum absolute atomic E-state index is 0.0434. The van der Waals surface area contributed by atoms with Crippen molar-refractivity contribution in [3.05, 3.63) is 33.8 Å². The van der Waals surface area contributed by atoms with Gasteiger partial charge in [0.05, 0.1) is 13.0 Å². The highest BCUT2D eigenvalue weighted by atomic mass is 35.5. The fourth-order valence-electron chi connectivity index (χ4n) is 1.60. The van der Waals surface area contributed by atoms with Gasteiger partial charge in [-0.05, 0) is 24.6 Å². The van der Waals surface area contributed by atoms with Crippen LogP contribution in [0.25, 0.3) is 0 Å². The molecular formula is C13H17Cl2NO2. The highest BCUT2D eigenvalue weighted by molar-refractivity contribution is 6.35. The molecule has 100 valence electrons. The van der Waals surface area contributed by atoms with E-state index in [2.05, 4.69) is 10.1 Å². The number of benzene rings is 1. The van der Waals surface area contributed by atoms with Gasteiger partial charge in [0.25, 0.3) is 0 Å². The van der Waals surface area contributed by atoms with Gasteiger partial charge in [0.2, 0.25) is 0 Å². The average Bonchev–Trinajstić information content (AvgIpc) is 2.34. The second kappa shape index (κ2) is 6.98. The third-order valence-electron chi connectivity index (χ3n) is 2.76. The van der Waals surface area contributed by atoms with Crippen molar-refractivity contribution in [1.29, 1.82) is 0 Å². The molecule has 0 aromatic heterocycles. The molecule has 0 spiro atoms. The molecule has 1 N–H and O–H groups in total. The number of ether oxygens (including phenoxy) is 1. The number of hydrogen-bond acceptors (Lipinski definition) is 3. The van der Waals surface area contributed by atoms with Crippen LogP contribution in [0.2, 0.25) is 10.0 Å². The lowest BCUT2D eigenvalue weighted by atomic mass is 10.1. The summed E-state index contributed by atoms with van der Waals surface area (Å²) >= 11 is 12.0. The highest BCUT2D eigenvalue weighted by Crippen LogP contribution is 2.26. The first-order valence-corrected chi connectivity index (χ1v) is 6.47. The van der Waals surface area contributed by atoms with Crippen molar-refractivity contribution < 1.29 is 9.53 Å². The minimum Gasteiger partial charge on any atom is -0.469 e. The van der Waals surface area contributed by atoms with Gasteiger partial charge >= 0.3 is 5.97 Å². The van der Waals surface area contributed by atoms with E-state index in [4.69, 9.17) is 23.2 Å². The Bertz CT molecular complexity index is 423. The molecule has 0 fully saturated rings. The smallest absolute Gasteiger partial charge is 0.309 e. The molecule has 0 bridgehead atoms. The van der Waals surface area contributed by atoms with Crippen LogP contribution >= 0.6 is 23.2 Å². The number of carbonyl (C=O) groups excluding carboxylic acids is 1. The summed E-state index contributed by atoms with van der Waals surface area (Å²) in [5.74, 6) is -0.416. The molecule has 18 heavy (non-hydrogen) atoms. The van der Waals surface area contributed by atoms with Crippen LogP contribution in [0, 0.1) is 5.92 Å². The molecule has 0 aliphatic rings. The van der Waals surface area contributed by atoms with E-state index in [-0.39, 0.29) is 17.9 Å². The summed E-state index contributed by atoms with van der Waals surface area (Å²) < 4.78 is 4.67. The van der Waals surface area contributed by atoms with Gasteiger partial charge in [0.15, 0.2) is 0 Å². The van der Waals surface area contributed by atoms with E-state index < -0.39 is 0 Å². The molecule has 2 atom stereocenters. The Hall–Kier alpha value is -0.770. The average molecular weight is 290 g/mol. The maximum absolute atomic E-state index is 11.3. The SMILES string of the molecule is COC(=O)C(C)CNC(C)c1ccc(Cl)cc1Cl. The molecule has 0 amide bonds. The Morgan fingerprint density at radius 3 is 2.61 bits per heavy atom. The van der Waals surface area contributed by atoms with E-state index in [9.17, 15) is 4.79 Å². The molecule has 0 saturated carbocycles. The van der Waals surface area contributed by atoms with Crippen molar-refractivity contribution in [1.82, 2.24) is 5.32 Å². The van der Waals surface area contributed by atoms with E-state index in [0.717, 1.165) is 5.56 Å². The standard InChI is InChI=1S/C13H17Cl2NO2/c1-8(13(17)18-3)7-16-9(2)11-5-4-10(14)6-12(11)15/h4-6,8-9,16H,7H2,1-3H3. The summed E-state index contributed by atoms with van der Waals surface area (Å²) in [6, 6.07) is 5.43. The van der Waals surface area contributed by atoms with Gasteiger partial charge in [0, 0.05) is 22.6 Å². The second-order valence-corrected chi connectivity index (χ2v) is 5.06. The van der Waals surface area contributed by atoms with Crippen molar-refractivity contribution in [3.8, 4) is 0 Å². The molecule has 1 aromatic rings. The van der Waals surface area contributed by atoms with E-state index in [1.165, 1.54) is 7.11 Å². The van der Waals surface area contributed by atoms with Crippen molar-refractivity contribution in [3.63, 3.8) is 0 Å². The lowest BCUT2D eigenvalue weighted by molar-refractivity contribution is -0.144. The zero-order valence-electron chi connectivity index (χ0n) is 10.7. The summed E-state index contributed by atoms with van der Waals surface area (Å²) in [5, 5.41) is 4.47. The first kappa shape index (κ1) is 15.3. The van der Waals surface area contributed by atoms with E-state index in [1.807, 2.05) is 19.9 Å². The predicted octanol–water partition coefficient (Wildman–Crippen LogP) is 3.45. The Labute approximate surface area is 117 Å². The second-order valence-electron chi connectivity index (χ2n) is 4.22. The van der Waals surface area contributed by atoms with Crippen LogP contribution in [-0.2, 0) is 9.53 Å². The number of halogens is 2. The molecule has 5 heteroatoms. The summed E-state index contributed by atoms with van der Waals surface area (Å²) in [6.07, 6.45) is 0. The van der Waals surface area contributed by atoms with E-state index in [0.29, 0.717) is 16.6 Å². The van der Waals surface area contributed by atoms with Crippen LogP contribution < -0.4 is 5.32 Å². The summed E-state index contributed by atoms with van der Waals surface area (Å²) in [5.41, 5.74) is 0.957. The molecule has 1 rings (SSSR count). The molecule has 2 unspecified atom stereocenters. The first-order valence-electron chi connectivity index (χ1n) is 5.72. The monoisotopic (exact) mass is 289 g/mol. The summed E-state index contributed by atoms with van der Waals surface area (Å²) in [6.45, 7) is 4.33. The summed E-state index contributed by atoms with van der Waals surface area (Å²) in [4.78, 5) is 11.3. The molecule has 3 nitrogen and oxygen atoms in total. The predicted molar refractivity (Wildman–Crippen MR) is 74.1 cm³/mol. The molecule has 0 saturated heterocycles. The molecule has 0 aliphatic carbocycles.